The Kier molecular flexibility index (Phi) is 2.59. The van der Waals surface area contributed by atoms with Crippen LogP contribution in [0.15, 0.2) is 18.2 Å². The Morgan fingerprint density at radius 3 is 2.53 bits per heavy atom. The molecule has 1 heteroatoms. The minimum atomic E-state index is 0.269. The van der Waals surface area contributed by atoms with E-state index in [1.807, 2.05) is 0 Å². The van der Waals surface area contributed by atoms with E-state index in [9.17, 15) is 0 Å². The lowest BCUT2D eigenvalue weighted by Crippen LogP contribution is -2.27. The topological polar surface area (TPSA) is 3.24 Å². The average Bonchev–Trinajstić information content (AvgIpc) is 2.15. The molecule has 1 aliphatic rings. The van der Waals surface area contributed by atoms with Crippen molar-refractivity contribution >= 4 is 0 Å². The van der Waals surface area contributed by atoms with E-state index in [1.165, 1.54) is 24.1 Å². The molecule has 0 fully saturated rings. The normalized spacial score (nSPS) is 17.6. The molecular formula is C14H21N. The van der Waals surface area contributed by atoms with E-state index in [1.54, 1.807) is 5.56 Å². The molecule has 1 nitrogen and oxygen atoms in total. The zero-order chi connectivity index (χ0) is 11.1. The standard InChI is InChI=1S/C14H21N/c1-14(2,3)13-6-5-11-7-8-15(4)10-12(11)9-13/h5-6,9H,7-8,10H2,1-4H3. The molecule has 1 aromatic rings. The maximum atomic E-state index is 2.40. The third-order valence-electron chi connectivity index (χ3n) is 3.28. The third-order valence-corrected chi connectivity index (χ3v) is 3.28. The van der Waals surface area contributed by atoms with Crippen LogP contribution < -0.4 is 0 Å². The van der Waals surface area contributed by atoms with Crippen LogP contribution in [0.2, 0.25) is 0 Å². The number of fused-ring (bicyclic) bond motifs is 1. The van der Waals surface area contributed by atoms with Gasteiger partial charge in [0, 0.05) is 13.1 Å². The zero-order valence-electron chi connectivity index (χ0n) is 10.3. The van der Waals surface area contributed by atoms with Gasteiger partial charge in [0.05, 0.1) is 0 Å². The van der Waals surface area contributed by atoms with Crippen molar-refractivity contribution < 1.29 is 0 Å². The third kappa shape index (κ3) is 2.23. The summed E-state index contributed by atoms with van der Waals surface area (Å²) in [4.78, 5) is 2.40. The Hall–Kier alpha value is -0.820. The van der Waals surface area contributed by atoms with Crippen LogP contribution in [0.1, 0.15) is 37.5 Å². The molecule has 0 aromatic heterocycles. The first-order valence-electron chi connectivity index (χ1n) is 5.77. The van der Waals surface area contributed by atoms with Crippen molar-refractivity contribution in [1.29, 1.82) is 0 Å². The van der Waals surface area contributed by atoms with E-state index in [-0.39, 0.29) is 5.41 Å². The second kappa shape index (κ2) is 3.64. The molecule has 0 unspecified atom stereocenters. The second-order valence-electron chi connectivity index (χ2n) is 5.72. The highest BCUT2D eigenvalue weighted by atomic mass is 15.1. The van der Waals surface area contributed by atoms with Crippen molar-refractivity contribution in [1.82, 2.24) is 4.90 Å². The van der Waals surface area contributed by atoms with E-state index in [0.717, 1.165) is 6.54 Å². The predicted octanol–water partition coefficient (Wildman–Crippen LogP) is 2.97. The monoisotopic (exact) mass is 203 g/mol. The molecule has 0 spiro atoms. The number of hydrogen-bond acceptors (Lipinski definition) is 1. The van der Waals surface area contributed by atoms with Crippen LogP contribution in [-0.2, 0) is 18.4 Å². The summed E-state index contributed by atoms with van der Waals surface area (Å²) in [5, 5.41) is 0. The molecule has 0 bridgehead atoms. The van der Waals surface area contributed by atoms with Gasteiger partial charge in [-0.05, 0) is 35.6 Å². The van der Waals surface area contributed by atoms with Crippen LogP contribution >= 0.6 is 0 Å². The molecule has 1 aliphatic heterocycles. The molecule has 15 heavy (non-hydrogen) atoms. The van der Waals surface area contributed by atoms with E-state index in [4.69, 9.17) is 0 Å². The molecular weight excluding hydrogens is 182 g/mol. The Labute approximate surface area is 93.1 Å². The van der Waals surface area contributed by atoms with Gasteiger partial charge >= 0.3 is 0 Å². The first kappa shape index (κ1) is 10.7. The van der Waals surface area contributed by atoms with Gasteiger partial charge in [0.2, 0.25) is 0 Å². The molecule has 0 atom stereocenters. The molecule has 0 saturated heterocycles. The van der Waals surface area contributed by atoms with Gasteiger partial charge in [-0.25, -0.2) is 0 Å². The summed E-state index contributed by atoms with van der Waals surface area (Å²) in [6.07, 6.45) is 1.20. The van der Waals surface area contributed by atoms with Crippen molar-refractivity contribution in [3.05, 3.63) is 34.9 Å². The fourth-order valence-electron chi connectivity index (χ4n) is 2.16. The largest absolute Gasteiger partial charge is 0.302 e. The highest BCUT2D eigenvalue weighted by Crippen LogP contribution is 2.27. The van der Waals surface area contributed by atoms with Gasteiger partial charge in [0.25, 0.3) is 0 Å². The predicted molar refractivity (Wildman–Crippen MR) is 65.2 cm³/mol. The fraction of sp³-hybridized carbons (Fsp3) is 0.571. The minimum Gasteiger partial charge on any atom is -0.302 e. The summed E-state index contributed by atoms with van der Waals surface area (Å²) in [6.45, 7) is 9.14. The summed E-state index contributed by atoms with van der Waals surface area (Å²) in [5.41, 5.74) is 4.79. The highest BCUT2D eigenvalue weighted by molar-refractivity contribution is 5.36. The maximum Gasteiger partial charge on any atom is 0.0233 e. The second-order valence-corrected chi connectivity index (χ2v) is 5.72. The van der Waals surface area contributed by atoms with Gasteiger partial charge in [-0.1, -0.05) is 39.0 Å². The Morgan fingerprint density at radius 1 is 1.13 bits per heavy atom. The zero-order valence-corrected chi connectivity index (χ0v) is 10.3. The summed E-state index contributed by atoms with van der Waals surface area (Å²) in [7, 11) is 2.20. The molecule has 0 N–H and O–H groups in total. The number of likely N-dealkylation sites (N-methyl/N-ethyl adjacent to an activating group) is 1. The fourth-order valence-corrected chi connectivity index (χ4v) is 2.16. The Morgan fingerprint density at radius 2 is 1.87 bits per heavy atom. The quantitative estimate of drug-likeness (QED) is 0.626. The molecule has 0 amide bonds. The van der Waals surface area contributed by atoms with Crippen LogP contribution in [0.5, 0.6) is 0 Å². The highest BCUT2D eigenvalue weighted by Gasteiger charge is 2.18. The van der Waals surface area contributed by atoms with Crippen molar-refractivity contribution in [2.75, 3.05) is 13.6 Å². The Balaban J connectivity index is 2.37. The number of rotatable bonds is 0. The van der Waals surface area contributed by atoms with Gasteiger partial charge in [0.15, 0.2) is 0 Å². The van der Waals surface area contributed by atoms with Gasteiger partial charge in [0.1, 0.15) is 0 Å². The first-order chi connectivity index (χ1) is 6.97. The van der Waals surface area contributed by atoms with Crippen LogP contribution in [0.25, 0.3) is 0 Å². The van der Waals surface area contributed by atoms with Crippen molar-refractivity contribution in [3.8, 4) is 0 Å². The van der Waals surface area contributed by atoms with E-state index >= 15 is 0 Å². The lowest BCUT2D eigenvalue weighted by molar-refractivity contribution is 0.312. The van der Waals surface area contributed by atoms with Crippen LogP contribution in [0, 0.1) is 0 Å². The molecule has 0 saturated carbocycles. The first-order valence-corrected chi connectivity index (χ1v) is 5.77. The molecule has 0 aliphatic carbocycles. The van der Waals surface area contributed by atoms with Crippen LogP contribution in [0.4, 0.5) is 0 Å². The van der Waals surface area contributed by atoms with E-state index in [0.29, 0.717) is 0 Å². The van der Waals surface area contributed by atoms with Crippen LogP contribution in [0.3, 0.4) is 0 Å². The van der Waals surface area contributed by atoms with Crippen molar-refractivity contribution in [3.63, 3.8) is 0 Å². The summed E-state index contributed by atoms with van der Waals surface area (Å²) < 4.78 is 0. The number of hydrogen-bond donors (Lipinski definition) is 0. The summed E-state index contributed by atoms with van der Waals surface area (Å²) in [6, 6.07) is 7.01. The van der Waals surface area contributed by atoms with Gasteiger partial charge in [-0.15, -0.1) is 0 Å². The van der Waals surface area contributed by atoms with Crippen molar-refractivity contribution in [2.45, 2.75) is 39.2 Å². The molecule has 0 radical (unpaired) electrons. The van der Waals surface area contributed by atoms with E-state index < -0.39 is 0 Å². The van der Waals surface area contributed by atoms with Crippen LogP contribution in [-0.4, -0.2) is 18.5 Å². The van der Waals surface area contributed by atoms with Gasteiger partial charge in [-0.3, -0.25) is 0 Å². The van der Waals surface area contributed by atoms with E-state index in [2.05, 4.69) is 50.9 Å². The molecule has 1 heterocycles. The maximum absolute atomic E-state index is 2.40. The molecule has 82 valence electrons. The smallest absolute Gasteiger partial charge is 0.0233 e. The number of benzene rings is 1. The van der Waals surface area contributed by atoms with Gasteiger partial charge in [-0.2, -0.15) is 0 Å². The molecule has 2 rings (SSSR count). The van der Waals surface area contributed by atoms with Crippen molar-refractivity contribution in [2.24, 2.45) is 0 Å². The SMILES string of the molecule is CN1CCc2ccc(C(C)(C)C)cc2C1. The average molecular weight is 203 g/mol. The Bertz CT molecular complexity index is 360. The summed E-state index contributed by atoms with van der Waals surface area (Å²) in [5.74, 6) is 0. The lowest BCUT2D eigenvalue weighted by atomic mass is 9.84. The minimum absolute atomic E-state index is 0.269. The van der Waals surface area contributed by atoms with Gasteiger partial charge < -0.3 is 4.90 Å². The summed E-state index contributed by atoms with van der Waals surface area (Å²) >= 11 is 0. The molecule has 1 aromatic carbocycles. The lowest BCUT2D eigenvalue weighted by Gasteiger charge is -2.27. The number of nitrogens with zero attached hydrogens (tertiary/aromatic N) is 1.